The molecule has 4 atom stereocenters. The van der Waals surface area contributed by atoms with E-state index in [1.54, 1.807) is 18.0 Å². The predicted molar refractivity (Wildman–Crippen MR) is 129 cm³/mol. The normalized spacial score (nSPS) is 18.4. The van der Waals surface area contributed by atoms with E-state index in [1.807, 2.05) is 20.1 Å². The highest BCUT2D eigenvalue weighted by Crippen LogP contribution is 2.20. The van der Waals surface area contributed by atoms with Crippen LogP contribution in [0.25, 0.3) is 0 Å². The molecule has 0 radical (unpaired) electrons. The van der Waals surface area contributed by atoms with Crippen molar-refractivity contribution in [2.24, 2.45) is 11.7 Å². The van der Waals surface area contributed by atoms with Crippen molar-refractivity contribution >= 4 is 35.5 Å². The number of carbonyl (C=O) groups excluding carboxylic acids is 3. The second-order valence-corrected chi connectivity index (χ2v) is 9.93. The zero-order valence-electron chi connectivity index (χ0n) is 20.0. The minimum absolute atomic E-state index is 0.0832. The fourth-order valence-electron chi connectivity index (χ4n) is 3.96. The van der Waals surface area contributed by atoms with E-state index in [9.17, 15) is 24.3 Å². The first-order valence-electron chi connectivity index (χ1n) is 11.5. The van der Waals surface area contributed by atoms with Crippen molar-refractivity contribution in [1.29, 1.82) is 0 Å². The molecular formula is C22H36N6O5S. The van der Waals surface area contributed by atoms with Crippen molar-refractivity contribution in [3.05, 3.63) is 18.2 Å². The van der Waals surface area contributed by atoms with Gasteiger partial charge in [0.25, 0.3) is 0 Å². The molecule has 1 aliphatic heterocycles. The first-order valence-corrected chi connectivity index (χ1v) is 12.9. The average molecular weight is 497 g/mol. The van der Waals surface area contributed by atoms with Crippen LogP contribution in [-0.2, 0) is 25.6 Å². The summed E-state index contributed by atoms with van der Waals surface area (Å²) in [5.74, 6) is -1.69. The summed E-state index contributed by atoms with van der Waals surface area (Å²) in [6.45, 7) is 4.12. The van der Waals surface area contributed by atoms with Crippen LogP contribution in [0.15, 0.2) is 12.5 Å². The molecule has 1 aliphatic rings. The van der Waals surface area contributed by atoms with E-state index in [2.05, 4.69) is 20.6 Å². The number of thioether (sulfide) groups is 1. The third-order valence-electron chi connectivity index (χ3n) is 5.72. The summed E-state index contributed by atoms with van der Waals surface area (Å²) in [7, 11) is 0. The van der Waals surface area contributed by atoms with Gasteiger partial charge in [-0.25, -0.2) is 9.78 Å². The van der Waals surface area contributed by atoms with Crippen LogP contribution in [0.5, 0.6) is 0 Å². The second kappa shape index (κ2) is 13.3. The van der Waals surface area contributed by atoms with E-state index in [0.717, 1.165) is 0 Å². The highest BCUT2D eigenvalue weighted by molar-refractivity contribution is 7.98. The lowest BCUT2D eigenvalue weighted by Gasteiger charge is -2.30. The Bertz CT molecular complexity index is 834. The molecule has 11 nitrogen and oxygen atoms in total. The fraction of sp³-hybridized carbons (Fsp3) is 0.682. The molecule has 1 aromatic heterocycles. The maximum absolute atomic E-state index is 13.4. The zero-order chi connectivity index (χ0) is 25.3. The van der Waals surface area contributed by atoms with E-state index >= 15 is 0 Å². The number of imidazole rings is 1. The Morgan fingerprint density at radius 1 is 1.29 bits per heavy atom. The van der Waals surface area contributed by atoms with Crippen LogP contribution in [0.2, 0.25) is 0 Å². The van der Waals surface area contributed by atoms with E-state index in [-0.39, 0.29) is 18.2 Å². The van der Waals surface area contributed by atoms with Crippen LogP contribution in [0.1, 0.15) is 45.2 Å². The summed E-state index contributed by atoms with van der Waals surface area (Å²) in [5.41, 5.74) is 6.74. The summed E-state index contributed by atoms with van der Waals surface area (Å²) >= 11 is 1.54. The maximum Gasteiger partial charge on any atom is 0.326 e. The van der Waals surface area contributed by atoms with Crippen molar-refractivity contribution in [2.45, 2.75) is 70.1 Å². The number of nitrogens with two attached hydrogens (primary N) is 1. The average Bonchev–Trinajstić information content (AvgIpc) is 3.47. The molecule has 4 unspecified atom stereocenters. The number of carbonyl (C=O) groups is 4. The highest BCUT2D eigenvalue weighted by atomic mass is 32.2. The fourth-order valence-corrected chi connectivity index (χ4v) is 4.43. The number of aliphatic carboxylic acids is 1. The van der Waals surface area contributed by atoms with Crippen molar-refractivity contribution in [3.63, 3.8) is 0 Å². The van der Waals surface area contributed by atoms with Crippen LogP contribution in [0, 0.1) is 5.92 Å². The van der Waals surface area contributed by atoms with Crippen molar-refractivity contribution in [2.75, 3.05) is 18.6 Å². The SMILES string of the molecule is CSCCC(NC(=O)C(N)Cc1cnc[nH]1)C(=O)N1CCCC1C(=O)NC(CC(C)C)C(=O)O. The zero-order valence-corrected chi connectivity index (χ0v) is 20.8. The molecule has 2 rings (SSSR count). The molecule has 3 amide bonds. The van der Waals surface area contributed by atoms with Crippen LogP contribution < -0.4 is 16.4 Å². The molecule has 0 spiro atoms. The number of hydrogen-bond acceptors (Lipinski definition) is 7. The molecule has 12 heteroatoms. The van der Waals surface area contributed by atoms with E-state index < -0.39 is 42.0 Å². The van der Waals surface area contributed by atoms with Gasteiger partial charge in [-0.15, -0.1) is 0 Å². The third kappa shape index (κ3) is 8.01. The highest BCUT2D eigenvalue weighted by Gasteiger charge is 2.39. The lowest BCUT2D eigenvalue weighted by atomic mass is 10.0. The topological polar surface area (TPSA) is 171 Å². The molecule has 190 valence electrons. The number of aromatic nitrogens is 2. The van der Waals surface area contributed by atoms with Gasteiger partial charge >= 0.3 is 5.97 Å². The first kappa shape index (κ1) is 27.6. The van der Waals surface area contributed by atoms with Crippen molar-refractivity contribution in [3.8, 4) is 0 Å². The quantitative estimate of drug-likeness (QED) is 0.256. The molecule has 6 N–H and O–H groups in total. The lowest BCUT2D eigenvalue weighted by molar-refractivity contribution is -0.145. The summed E-state index contributed by atoms with van der Waals surface area (Å²) < 4.78 is 0. The van der Waals surface area contributed by atoms with Gasteiger partial charge in [0.1, 0.15) is 18.1 Å². The smallest absolute Gasteiger partial charge is 0.326 e. The van der Waals surface area contributed by atoms with Gasteiger partial charge in [-0.1, -0.05) is 13.8 Å². The summed E-state index contributed by atoms with van der Waals surface area (Å²) in [5, 5.41) is 14.8. The number of carboxylic acid groups (broad SMARTS) is 1. The maximum atomic E-state index is 13.4. The Labute approximate surface area is 204 Å². The second-order valence-electron chi connectivity index (χ2n) is 8.95. The van der Waals surface area contributed by atoms with Gasteiger partial charge < -0.3 is 31.4 Å². The number of H-pyrrole nitrogens is 1. The number of nitrogens with one attached hydrogen (secondary N) is 3. The Kier molecular flexibility index (Phi) is 10.8. The summed E-state index contributed by atoms with van der Waals surface area (Å²) in [6, 6.07) is -3.48. The monoisotopic (exact) mass is 496 g/mol. The third-order valence-corrected chi connectivity index (χ3v) is 6.36. The number of hydrogen-bond donors (Lipinski definition) is 5. The molecule has 0 saturated carbocycles. The molecular weight excluding hydrogens is 460 g/mol. The van der Waals surface area contributed by atoms with Crippen LogP contribution in [0.3, 0.4) is 0 Å². The Balaban J connectivity index is 2.07. The number of nitrogens with zero attached hydrogens (tertiary/aromatic N) is 2. The number of amides is 3. The van der Waals surface area contributed by atoms with E-state index in [4.69, 9.17) is 5.73 Å². The van der Waals surface area contributed by atoms with Crippen molar-refractivity contribution < 1.29 is 24.3 Å². The van der Waals surface area contributed by atoms with Gasteiger partial charge in [0, 0.05) is 24.9 Å². The molecule has 0 bridgehead atoms. The van der Waals surface area contributed by atoms with Gasteiger partial charge in [-0.3, -0.25) is 14.4 Å². The number of likely N-dealkylation sites (tertiary alicyclic amines) is 1. The van der Waals surface area contributed by atoms with Gasteiger partial charge in [-0.2, -0.15) is 11.8 Å². The molecule has 34 heavy (non-hydrogen) atoms. The van der Waals surface area contributed by atoms with Crippen LogP contribution >= 0.6 is 11.8 Å². The van der Waals surface area contributed by atoms with Gasteiger partial charge in [0.15, 0.2) is 0 Å². The lowest BCUT2D eigenvalue weighted by Crippen LogP contribution is -2.57. The molecule has 1 saturated heterocycles. The van der Waals surface area contributed by atoms with Gasteiger partial charge in [0.2, 0.25) is 17.7 Å². The molecule has 1 fully saturated rings. The number of rotatable bonds is 13. The Hall–Kier alpha value is -2.60. The number of carboxylic acids is 1. The van der Waals surface area contributed by atoms with E-state index in [0.29, 0.717) is 43.7 Å². The van der Waals surface area contributed by atoms with Crippen LogP contribution in [-0.4, -0.2) is 86.4 Å². The minimum atomic E-state index is -1.10. The summed E-state index contributed by atoms with van der Waals surface area (Å²) in [6.07, 6.45) is 6.97. The molecule has 0 aliphatic carbocycles. The first-order chi connectivity index (χ1) is 16.1. The standard InChI is InChI=1S/C22H36N6O5S/c1-13(2)9-17(22(32)33)27-20(30)18-5-4-7-28(18)21(31)16(6-8-34-3)26-19(29)15(23)10-14-11-24-12-25-14/h11-13,15-18H,4-10,23H2,1-3H3,(H,24,25)(H,26,29)(H,27,30)(H,32,33). The van der Waals surface area contributed by atoms with E-state index in [1.165, 1.54) is 11.2 Å². The van der Waals surface area contributed by atoms with Crippen molar-refractivity contribution in [1.82, 2.24) is 25.5 Å². The minimum Gasteiger partial charge on any atom is -0.480 e. The molecule has 2 heterocycles. The van der Waals surface area contributed by atoms with Gasteiger partial charge in [-0.05, 0) is 43.6 Å². The molecule has 1 aromatic rings. The van der Waals surface area contributed by atoms with Crippen LogP contribution in [0.4, 0.5) is 0 Å². The molecule has 0 aromatic carbocycles. The Morgan fingerprint density at radius 3 is 2.62 bits per heavy atom. The predicted octanol–water partition coefficient (Wildman–Crippen LogP) is 0.124. The summed E-state index contributed by atoms with van der Waals surface area (Å²) in [4.78, 5) is 58.8. The largest absolute Gasteiger partial charge is 0.480 e. The van der Waals surface area contributed by atoms with Gasteiger partial charge in [0.05, 0.1) is 12.4 Å². The Morgan fingerprint density at radius 2 is 2.03 bits per heavy atom. The number of aromatic amines is 1.